The average Bonchev–Trinajstić information content (AvgIpc) is 3.34. The van der Waals surface area contributed by atoms with Crippen LogP contribution in [0.15, 0.2) is 18.2 Å². The van der Waals surface area contributed by atoms with E-state index in [1.165, 1.54) is 12.1 Å². The fraction of sp³-hybridized carbons (Fsp3) is 0.720. The van der Waals surface area contributed by atoms with E-state index in [4.69, 9.17) is 4.74 Å². The van der Waals surface area contributed by atoms with E-state index in [2.05, 4.69) is 18.9 Å². The second-order valence-electron chi connectivity index (χ2n) is 10.5. The van der Waals surface area contributed by atoms with Crippen LogP contribution in [0, 0.1) is 11.3 Å². The Hall–Kier alpha value is -1.64. The molecule has 0 radical (unpaired) electrons. The SMILES string of the molecule is CC1C2Cc3ccc(C(O)C(F)(F)F)cc3CN2C(=O)[C@]12CC[C@@H](N(C)C1CCOCC1)C2. The normalized spacial score (nSPS) is 33.6. The Labute approximate surface area is 192 Å². The first kappa shape index (κ1) is 23.1. The summed E-state index contributed by atoms with van der Waals surface area (Å²) in [6.07, 6.45) is -1.78. The summed E-state index contributed by atoms with van der Waals surface area (Å²) in [4.78, 5) is 18.1. The summed E-state index contributed by atoms with van der Waals surface area (Å²) in [5.74, 6) is 0.363. The molecule has 2 saturated heterocycles. The smallest absolute Gasteiger partial charge is 0.381 e. The number of halogens is 3. The van der Waals surface area contributed by atoms with Gasteiger partial charge in [-0.25, -0.2) is 0 Å². The molecular formula is C25H33F3N2O3. The zero-order valence-electron chi connectivity index (χ0n) is 19.3. The number of aliphatic hydroxyl groups is 1. The third-order valence-corrected chi connectivity index (χ3v) is 9.03. The lowest BCUT2D eigenvalue weighted by molar-refractivity contribution is -0.206. The number of ether oxygens (including phenoxy) is 1. The van der Waals surface area contributed by atoms with Crippen LogP contribution in [0.25, 0.3) is 0 Å². The summed E-state index contributed by atoms with van der Waals surface area (Å²) in [6.45, 7) is 4.10. The quantitative estimate of drug-likeness (QED) is 0.736. The first-order valence-electron chi connectivity index (χ1n) is 12.1. The number of nitrogens with zero attached hydrogens (tertiary/aromatic N) is 2. The number of aliphatic hydroxyl groups excluding tert-OH is 1. The first-order chi connectivity index (χ1) is 15.6. The van der Waals surface area contributed by atoms with Gasteiger partial charge in [-0.2, -0.15) is 13.2 Å². The zero-order valence-corrected chi connectivity index (χ0v) is 19.3. The van der Waals surface area contributed by atoms with Gasteiger partial charge >= 0.3 is 6.18 Å². The standard InChI is InChI=1S/C25H33F3N2O3/c1-15-21-12-16-3-4-17(22(31)25(26,27)28)11-18(16)14-30(21)23(32)24(15)8-5-20(13-24)29(2)19-6-9-33-10-7-19/h3-4,11,15,19-22,31H,5-10,12-14H2,1-2H3/t15?,20-,21?,22?,24+/m1/s1. The van der Waals surface area contributed by atoms with Crippen molar-refractivity contribution in [1.29, 1.82) is 0 Å². The second-order valence-corrected chi connectivity index (χ2v) is 10.5. The molecule has 0 bridgehead atoms. The van der Waals surface area contributed by atoms with Crippen LogP contribution in [0.4, 0.5) is 13.2 Å². The second kappa shape index (κ2) is 8.24. The van der Waals surface area contributed by atoms with E-state index in [1.807, 2.05) is 4.90 Å². The van der Waals surface area contributed by atoms with Crippen LogP contribution in [0.1, 0.15) is 61.8 Å². The summed E-state index contributed by atoms with van der Waals surface area (Å²) < 4.78 is 44.5. The van der Waals surface area contributed by atoms with Crippen molar-refractivity contribution in [1.82, 2.24) is 9.80 Å². The zero-order chi connectivity index (χ0) is 23.5. The largest absolute Gasteiger partial charge is 0.418 e. The Bertz CT molecular complexity index is 917. The fourth-order valence-electron chi connectivity index (χ4n) is 6.90. The van der Waals surface area contributed by atoms with E-state index in [1.54, 1.807) is 6.07 Å². The molecule has 1 aromatic rings. The van der Waals surface area contributed by atoms with Crippen molar-refractivity contribution >= 4 is 5.91 Å². The number of alkyl halides is 3. The molecule has 0 aromatic heterocycles. The highest BCUT2D eigenvalue weighted by Crippen LogP contribution is 2.55. The van der Waals surface area contributed by atoms with Crippen LogP contribution in [0.3, 0.4) is 0 Å². The maximum atomic E-state index is 13.8. The van der Waals surface area contributed by atoms with Gasteiger partial charge in [0.15, 0.2) is 6.10 Å². The van der Waals surface area contributed by atoms with Gasteiger partial charge in [0, 0.05) is 37.9 Å². The minimum Gasteiger partial charge on any atom is -0.381 e. The number of hydrogen-bond acceptors (Lipinski definition) is 4. The molecule has 1 aromatic carbocycles. The van der Waals surface area contributed by atoms with Crippen molar-refractivity contribution in [3.05, 3.63) is 34.9 Å². The van der Waals surface area contributed by atoms with Crippen LogP contribution >= 0.6 is 0 Å². The molecule has 3 fully saturated rings. The fourth-order valence-corrected chi connectivity index (χ4v) is 6.90. The van der Waals surface area contributed by atoms with Crippen LogP contribution in [-0.4, -0.2) is 65.4 Å². The summed E-state index contributed by atoms with van der Waals surface area (Å²) in [6, 6.07) is 5.46. The summed E-state index contributed by atoms with van der Waals surface area (Å²) in [5.41, 5.74) is 1.16. The van der Waals surface area contributed by atoms with Crippen molar-refractivity contribution in [3.8, 4) is 0 Å². The van der Waals surface area contributed by atoms with E-state index in [0.717, 1.165) is 56.4 Å². The van der Waals surface area contributed by atoms with E-state index in [0.29, 0.717) is 25.0 Å². The molecule has 1 spiro atoms. The van der Waals surface area contributed by atoms with Crippen LogP contribution in [0.2, 0.25) is 0 Å². The molecule has 182 valence electrons. The van der Waals surface area contributed by atoms with E-state index < -0.39 is 12.3 Å². The van der Waals surface area contributed by atoms with Gasteiger partial charge < -0.3 is 19.6 Å². The molecule has 3 heterocycles. The first-order valence-corrected chi connectivity index (χ1v) is 12.1. The lowest BCUT2D eigenvalue weighted by atomic mass is 9.73. The van der Waals surface area contributed by atoms with Gasteiger partial charge in [0.25, 0.3) is 0 Å². The monoisotopic (exact) mass is 466 g/mol. The van der Waals surface area contributed by atoms with Gasteiger partial charge in [0.2, 0.25) is 5.91 Å². The molecule has 4 aliphatic rings. The molecule has 1 N–H and O–H groups in total. The van der Waals surface area contributed by atoms with Gasteiger partial charge in [0.1, 0.15) is 0 Å². The third kappa shape index (κ3) is 3.78. The molecule has 1 saturated carbocycles. The van der Waals surface area contributed by atoms with Crippen LogP contribution < -0.4 is 0 Å². The Morgan fingerprint density at radius 3 is 2.61 bits per heavy atom. The number of hydrogen-bond donors (Lipinski definition) is 1. The molecular weight excluding hydrogens is 433 g/mol. The topological polar surface area (TPSA) is 53.0 Å². The Balaban J connectivity index is 1.35. The Morgan fingerprint density at radius 2 is 1.91 bits per heavy atom. The summed E-state index contributed by atoms with van der Waals surface area (Å²) in [5, 5.41) is 9.68. The molecule has 5 nitrogen and oxygen atoms in total. The van der Waals surface area contributed by atoms with Crippen molar-refractivity contribution in [2.75, 3.05) is 20.3 Å². The van der Waals surface area contributed by atoms with Crippen molar-refractivity contribution in [2.45, 2.75) is 82.4 Å². The average molecular weight is 467 g/mol. The molecule has 1 aliphatic carbocycles. The van der Waals surface area contributed by atoms with Gasteiger partial charge in [-0.15, -0.1) is 0 Å². The number of amides is 1. The highest BCUT2D eigenvalue weighted by molar-refractivity contribution is 5.87. The molecule has 3 aliphatic heterocycles. The highest BCUT2D eigenvalue weighted by Gasteiger charge is 2.60. The molecule has 33 heavy (non-hydrogen) atoms. The maximum absolute atomic E-state index is 13.8. The molecule has 8 heteroatoms. The van der Waals surface area contributed by atoms with Crippen LogP contribution in [0.5, 0.6) is 0 Å². The minimum atomic E-state index is -4.71. The number of fused-ring (bicyclic) bond motifs is 2. The van der Waals surface area contributed by atoms with Crippen LogP contribution in [-0.2, 0) is 22.5 Å². The predicted molar refractivity (Wildman–Crippen MR) is 116 cm³/mol. The van der Waals surface area contributed by atoms with Crippen molar-refractivity contribution in [3.63, 3.8) is 0 Å². The van der Waals surface area contributed by atoms with E-state index >= 15 is 0 Å². The van der Waals surface area contributed by atoms with Gasteiger partial charge in [-0.05, 0) is 68.2 Å². The van der Waals surface area contributed by atoms with E-state index in [-0.39, 0.29) is 28.8 Å². The molecule has 3 unspecified atom stereocenters. The number of benzene rings is 1. The number of rotatable bonds is 3. The number of carbonyl (C=O) groups is 1. The summed E-state index contributed by atoms with van der Waals surface area (Å²) in [7, 11) is 2.18. The molecule has 5 atom stereocenters. The van der Waals surface area contributed by atoms with Gasteiger partial charge in [-0.3, -0.25) is 4.79 Å². The van der Waals surface area contributed by atoms with Crippen molar-refractivity contribution in [2.24, 2.45) is 11.3 Å². The van der Waals surface area contributed by atoms with Crippen molar-refractivity contribution < 1.29 is 27.8 Å². The molecule has 5 rings (SSSR count). The summed E-state index contributed by atoms with van der Waals surface area (Å²) >= 11 is 0. The minimum absolute atomic E-state index is 0.0792. The highest BCUT2D eigenvalue weighted by atomic mass is 19.4. The van der Waals surface area contributed by atoms with Gasteiger partial charge in [-0.1, -0.05) is 25.1 Å². The molecule has 1 amide bonds. The number of carbonyl (C=O) groups excluding carboxylic acids is 1. The van der Waals surface area contributed by atoms with Gasteiger partial charge in [0.05, 0.1) is 5.41 Å². The maximum Gasteiger partial charge on any atom is 0.418 e. The third-order valence-electron chi connectivity index (χ3n) is 9.03. The van der Waals surface area contributed by atoms with E-state index in [9.17, 15) is 23.1 Å². The Kier molecular flexibility index (Phi) is 5.77. The predicted octanol–water partition coefficient (Wildman–Crippen LogP) is 3.84. The lowest BCUT2D eigenvalue weighted by Crippen LogP contribution is -2.43. The Morgan fingerprint density at radius 1 is 1.18 bits per heavy atom. The lowest BCUT2D eigenvalue weighted by Gasteiger charge is -2.36.